The largest absolute Gasteiger partial charge is 0.446 e. The Morgan fingerprint density at radius 2 is 1.97 bits per heavy atom. The lowest BCUT2D eigenvalue weighted by Crippen LogP contribution is -2.47. The minimum atomic E-state index is -0.671. The molecule has 0 aromatic heterocycles. The highest BCUT2D eigenvalue weighted by Crippen LogP contribution is 2.59. The summed E-state index contributed by atoms with van der Waals surface area (Å²) >= 11 is 0. The van der Waals surface area contributed by atoms with Gasteiger partial charge in [-0.05, 0) is 81.1 Å². The average Bonchev–Trinajstić information content (AvgIpc) is 3.09. The number of ether oxygens (including phenoxy) is 1. The predicted molar refractivity (Wildman–Crippen MR) is 114 cm³/mol. The summed E-state index contributed by atoms with van der Waals surface area (Å²) in [4.78, 5) is 24.4. The number of carbonyl (C=O) groups is 2. The summed E-state index contributed by atoms with van der Waals surface area (Å²) in [6.45, 7) is 2.18. The molecule has 0 aliphatic heterocycles. The molecule has 3 nitrogen and oxygen atoms in total. The van der Waals surface area contributed by atoms with Crippen LogP contribution in [0.15, 0.2) is 11.6 Å². The first-order valence-corrected chi connectivity index (χ1v) is 12.0. The van der Waals surface area contributed by atoms with Crippen LogP contribution >= 0.6 is 0 Å². The van der Waals surface area contributed by atoms with Gasteiger partial charge in [0.2, 0.25) is 0 Å². The van der Waals surface area contributed by atoms with Gasteiger partial charge in [0.15, 0.2) is 11.4 Å². The summed E-state index contributed by atoms with van der Waals surface area (Å²) in [5, 5.41) is 0. The van der Waals surface area contributed by atoms with Gasteiger partial charge in [0, 0.05) is 18.8 Å². The van der Waals surface area contributed by atoms with Crippen molar-refractivity contribution < 1.29 is 14.3 Å². The van der Waals surface area contributed by atoms with Gasteiger partial charge in [-0.1, -0.05) is 37.7 Å². The Morgan fingerprint density at radius 1 is 1.10 bits per heavy atom. The summed E-state index contributed by atoms with van der Waals surface area (Å²) in [6.07, 6.45) is 20.9. The van der Waals surface area contributed by atoms with Crippen molar-refractivity contribution in [1.29, 1.82) is 0 Å². The van der Waals surface area contributed by atoms with E-state index in [0.29, 0.717) is 41.8 Å². The number of hydrogen-bond donors (Lipinski definition) is 0. The van der Waals surface area contributed by atoms with Crippen LogP contribution < -0.4 is 0 Å². The minimum absolute atomic E-state index is 0.0958. The van der Waals surface area contributed by atoms with Crippen molar-refractivity contribution in [2.45, 2.75) is 96.0 Å². The van der Waals surface area contributed by atoms with E-state index in [1.165, 1.54) is 31.3 Å². The van der Waals surface area contributed by atoms with Gasteiger partial charge in [-0.3, -0.25) is 9.59 Å². The molecule has 29 heavy (non-hydrogen) atoms. The Labute approximate surface area is 176 Å². The van der Waals surface area contributed by atoms with Crippen LogP contribution in [0.25, 0.3) is 0 Å². The quantitative estimate of drug-likeness (QED) is 0.332. The van der Waals surface area contributed by atoms with Crippen molar-refractivity contribution in [3.63, 3.8) is 0 Å². The number of allylic oxidation sites excluding steroid dienone is 1. The van der Waals surface area contributed by atoms with E-state index in [0.717, 1.165) is 51.4 Å². The zero-order valence-corrected chi connectivity index (χ0v) is 18.0. The van der Waals surface area contributed by atoms with E-state index in [4.69, 9.17) is 11.2 Å². The summed E-state index contributed by atoms with van der Waals surface area (Å²) in [6, 6.07) is 0. The van der Waals surface area contributed by atoms with E-state index >= 15 is 0 Å². The molecule has 4 rings (SSSR count). The molecule has 0 N–H and O–H groups in total. The number of ketones is 1. The van der Waals surface area contributed by atoms with Crippen LogP contribution in [0.2, 0.25) is 0 Å². The third-order valence-corrected chi connectivity index (χ3v) is 8.46. The topological polar surface area (TPSA) is 43.4 Å². The van der Waals surface area contributed by atoms with Crippen molar-refractivity contribution in [3.05, 3.63) is 11.6 Å². The van der Waals surface area contributed by atoms with Crippen LogP contribution in [0.4, 0.5) is 0 Å². The molecule has 0 unspecified atom stereocenters. The first-order valence-electron chi connectivity index (χ1n) is 12.0. The van der Waals surface area contributed by atoms with Crippen molar-refractivity contribution >= 4 is 11.8 Å². The molecular formula is C26H36O3. The monoisotopic (exact) mass is 396 g/mol. The van der Waals surface area contributed by atoms with Crippen molar-refractivity contribution in [3.8, 4) is 12.3 Å². The Morgan fingerprint density at radius 3 is 2.76 bits per heavy atom. The molecule has 6 atom stereocenters. The van der Waals surface area contributed by atoms with Crippen LogP contribution in [-0.2, 0) is 14.3 Å². The van der Waals surface area contributed by atoms with Crippen molar-refractivity contribution in [1.82, 2.24) is 0 Å². The zero-order chi connectivity index (χ0) is 20.4. The van der Waals surface area contributed by atoms with Crippen LogP contribution in [0.5, 0.6) is 0 Å². The molecule has 0 saturated heterocycles. The number of hydrogen-bond acceptors (Lipinski definition) is 3. The van der Waals surface area contributed by atoms with Gasteiger partial charge < -0.3 is 4.74 Å². The van der Waals surface area contributed by atoms with Crippen molar-refractivity contribution in [2.24, 2.45) is 29.6 Å². The van der Waals surface area contributed by atoms with Crippen molar-refractivity contribution in [2.75, 3.05) is 0 Å². The second-order valence-electron chi connectivity index (χ2n) is 9.90. The first-order chi connectivity index (χ1) is 14.1. The van der Waals surface area contributed by atoms with Gasteiger partial charge in [-0.15, -0.1) is 6.42 Å². The molecule has 0 bridgehead atoms. The molecule has 0 radical (unpaired) electrons. The second kappa shape index (κ2) is 8.66. The highest BCUT2D eigenvalue weighted by molar-refractivity contribution is 5.91. The number of fused-ring (bicyclic) bond motifs is 5. The fourth-order valence-electron chi connectivity index (χ4n) is 7.14. The molecule has 0 heterocycles. The summed E-state index contributed by atoms with van der Waals surface area (Å²) in [5.41, 5.74) is 0.747. The minimum Gasteiger partial charge on any atom is -0.446 e. The number of terminal acetylenes is 1. The maximum absolute atomic E-state index is 12.5. The molecule has 0 aromatic rings. The molecule has 0 aromatic carbocycles. The summed E-state index contributed by atoms with van der Waals surface area (Å²) < 4.78 is 6.07. The summed E-state index contributed by atoms with van der Waals surface area (Å²) in [5.74, 6) is 6.08. The van der Waals surface area contributed by atoms with Gasteiger partial charge in [-0.2, -0.15) is 0 Å². The van der Waals surface area contributed by atoms with Gasteiger partial charge in [0.05, 0.1) is 0 Å². The predicted octanol–water partition coefficient (Wildman–Crippen LogP) is 5.62. The molecule has 158 valence electrons. The maximum Gasteiger partial charge on any atom is 0.307 e. The van der Waals surface area contributed by atoms with E-state index in [2.05, 4.69) is 12.8 Å². The highest BCUT2D eigenvalue weighted by Gasteiger charge is 2.57. The lowest BCUT2D eigenvalue weighted by atomic mass is 9.55. The SMILES string of the molecule is C#C[C@]1(OC(=O)CCCCCC)CC[C@H]2[C@@H]3CCC4=CC(=O)CC[C@@H]4[C@H]3CC[C@@H]21. The lowest BCUT2D eigenvalue weighted by Gasteiger charge is -2.50. The van der Waals surface area contributed by atoms with Gasteiger partial charge in [-0.25, -0.2) is 0 Å². The number of esters is 1. The lowest BCUT2D eigenvalue weighted by molar-refractivity contribution is -0.160. The van der Waals surface area contributed by atoms with Crippen LogP contribution in [0, 0.1) is 41.9 Å². The van der Waals surface area contributed by atoms with E-state index in [1.807, 2.05) is 6.08 Å². The van der Waals surface area contributed by atoms with Crippen LogP contribution in [0.3, 0.4) is 0 Å². The van der Waals surface area contributed by atoms with E-state index in [1.54, 1.807) is 0 Å². The van der Waals surface area contributed by atoms with Gasteiger partial charge in [0.1, 0.15) is 0 Å². The summed E-state index contributed by atoms with van der Waals surface area (Å²) in [7, 11) is 0. The van der Waals surface area contributed by atoms with Gasteiger partial charge >= 0.3 is 5.97 Å². The number of rotatable bonds is 6. The fourth-order valence-corrected chi connectivity index (χ4v) is 7.14. The number of unbranched alkanes of at least 4 members (excludes halogenated alkanes) is 3. The zero-order valence-electron chi connectivity index (χ0n) is 18.0. The normalized spacial score (nSPS) is 38.3. The molecule has 4 aliphatic carbocycles. The van der Waals surface area contributed by atoms with Gasteiger partial charge in [0.25, 0.3) is 0 Å². The Kier molecular flexibility index (Phi) is 6.19. The highest BCUT2D eigenvalue weighted by atomic mass is 16.6. The van der Waals surface area contributed by atoms with E-state index in [-0.39, 0.29) is 5.97 Å². The second-order valence-corrected chi connectivity index (χ2v) is 9.90. The molecule has 3 heteroatoms. The molecule has 3 saturated carbocycles. The molecule has 4 aliphatic rings. The Hall–Kier alpha value is -1.56. The van der Waals surface area contributed by atoms with Crippen LogP contribution in [-0.4, -0.2) is 17.4 Å². The Bertz CT molecular complexity index is 714. The van der Waals surface area contributed by atoms with E-state index in [9.17, 15) is 9.59 Å². The molecule has 0 spiro atoms. The molecule has 3 fully saturated rings. The average molecular weight is 397 g/mol. The third-order valence-electron chi connectivity index (χ3n) is 8.46. The smallest absolute Gasteiger partial charge is 0.307 e. The number of carbonyl (C=O) groups excluding carboxylic acids is 2. The van der Waals surface area contributed by atoms with E-state index < -0.39 is 5.60 Å². The fraction of sp³-hybridized carbons (Fsp3) is 0.769. The maximum atomic E-state index is 12.5. The standard InChI is InChI=1S/C26H36O3/c1-3-5-6-7-8-25(28)29-26(4-2)16-15-23-22-11-9-18-17-19(27)10-12-20(18)21(22)13-14-24(23)26/h2,17,20-24H,3,5-16H2,1H3/t20-,21+,22+,23-,24-,26-/m0/s1. The first kappa shape index (κ1) is 20.7. The Balaban J connectivity index is 1.43. The van der Waals surface area contributed by atoms with Crippen LogP contribution in [0.1, 0.15) is 90.4 Å². The molecular weight excluding hydrogens is 360 g/mol. The molecule has 0 amide bonds. The third kappa shape index (κ3) is 3.92.